The van der Waals surface area contributed by atoms with Crippen LogP contribution in [0.5, 0.6) is 5.75 Å². The number of halogens is 1. The monoisotopic (exact) mass is 370 g/mol. The number of ether oxygens (including phenoxy) is 1. The van der Waals surface area contributed by atoms with Crippen LogP contribution in [-0.4, -0.2) is 18.6 Å². The number of nitrogens with zero attached hydrogens (tertiary/aromatic N) is 1. The molecule has 0 aromatic heterocycles. The average Bonchev–Trinajstić information content (AvgIpc) is 3.46. The van der Waals surface area contributed by atoms with E-state index in [2.05, 4.69) is 0 Å². The summed E-state index contributed by atoms with van der Waals surface area (Å²) >= 11 is 6.19. The van der Waals surface area contributed by atoms with Gasteiger partial charge in [-0.05, 0) is 67.5 Å². The van der Waals surface area contributed by atoms with E-state index in [1.54, 1.807) is 4.90 Å². The third-order valence-corrected chi connectivity index (χ3v) is 5.45. The minimum absolute atomic E-state index is 0.0726. The van der Waals surface area contributed by atoms with Gasteiger partial charge in [-0.25, -0.2) is 0 Å². The minimum Gasteiger partial charge on any atom is -0.493 e. The number of fused-ring (bicyclic) bond motifs is 1. The highest BCUT2D eigenvalue weighted by atomic mass is 35.5. The summed E-state index contributed by atoms with van der Waals surface area (Å²) < 4.78 is 5.90. The maximum Gasteiger partial charge on any atom is 0.244 e. The van der Waals surface area contributed by atoms with Crippen LogP contribution in [0.15, 0.2) is 42.5 Å². The van der Waals surface area contributed by atoms with Crippen molar-refractivity contribution in [1.82, 2.24) is 0 Å². The van der Waals surface area contributed by atoms with Crippen molar-refractivity contribution >= 4 is 23.2 Å². The molecule has 1 aliphatic carbocycles. The summed E-state index contributed by atoms with van der Waals surface area (Å²) in [7, 11) is 0. The molecule has 2 N–H and O–H groups in total. The number of carbonyl (C=O) groups excluding carboxylic acids is 1. The predicted molar refractivity (Wildman–Crippen MR) is 104 cm³/mol. The molecule has 2 atom stereocenters. The molecule has 2 aromatic rings. The zero-order valence-electron chi connectivity index (χ0n) is 14.8. The van der Waals surface area contributed by atoms with E-state index < -0.39 is 6.04 Å². The van der Waals surface area contributed by atoms with Crippen LogP contribution in [0.25, 0.3) is 0 Å². The summed E-state index contributed by atoms with van der Waals surface area (Å²) in [6.07, 6.45) is 3.06. The van der Waals surface area contributed by atoms with E-state index in [-0.39, 0.29) is 11.9 Å². The quantitative estimate of drug-likeness (QED) is 0.861. The number of hydrogen-bond donors (Lipinski definition) is 1. The number of amides is 1. The molecule has 1 amide bonds. The Hall–Kier alpha value is -2.04. The lowest BCUT2D eigenvalue weighted by Gasteiger charge is -2.37. The molecule has 1 heterocycles. The van der Waals surface area contributed by atoms with Crippen LogP contribution in [0.4, 0.5) is 5.69 Å². The standard InChI is InChI=1S/C21H23ClN2O2/c1-13(15-3-2-4-18(9-15)26-12-14-5-6-14)24-20-11-17(22)8-7-16(20)10-19(23)21(24)25/h2-4,7-9,11,13-14,19H,5-6,10,12,23H2,1H3/t13-,19+/m0/s1. The van der Waals surface area contributed by atoms with Gasteiger partial charge in [0, 0.05) is 10.7 Å². The molecule has 136 valence electrons. The van der Waals surface area contributed by atoms with Crippen molar-refractivity contribution in [3.05, 3.63) is 58.6 Å². The molecule has 0 radical (unpaired) electrons. The number of carbonyl (C=O) groups is 1. The Morgan fingerprint density at radius 1 is 1.27 bits per heavy atom. The lowest BCUT2D eigenvalue weighted by Crippen LogP contribution is -2.49. The fourth-order valence-corrected chi connectivity index (χ4v) is 3.63. The fraction of sp³-hybridized carbons (Fsp3) is 0.381. The highest BCUT2D eigenvalue weighted by Crippen LogP contribution is 2.37. The summed E-state index contributed by atoms with van der Waals surface area (Å²) in [6, 6.07) is 12.9. The Kier molecular flexibility index (Phi) is 4.63. The van der Waals surface area contributed by atoms with E-state index in [0.717, 1.165) is 29.2 Å². The Morgan fingerprint density at radius 2 is 2.08 bits per heavy atom. The first-order valence-electron chi connectivity index (χ1n) is 9.13. The Labute approximate surface area is 158 Å². The van der Waals surface area contributed by atoms with Gasteiger partial charge in [0.1, 0.15) is 5.75 Å². The number of hydrogen-bond acceptors (Lipinski definition) is 3. The Morgan fingerprint density at radius 3 is 2.85 bits per heavy atom. The average molecular weight is 371 g/mol. The largest absolute Gasteiger partial charge is 0.493 e. The molecule has 2 aliphatic rings. The number of rotatable bonds is 5. The van der Waals surface area contributed by atoms with Gasteiger partial charge < -0.3 is 15.4 Å². The number of nitrogens with two attached hydrogens (primary N) is 1. The molecule has 4 nitrogen and oxygen atoms in total. The maximum atomic E-state index is 12.8. The summed E-state index contributed by atoms with van der Waals surface area (Å²) in [6.45, 7) is 2.78. The molecule has 0 unspecified atom stereocenters. The van der Waals surface area contributed by atoms with Crippen LogP contribution in [0.3, 0.4) is 0 Å². The van der Waals surface area contributed by atoms with Gasteiger partial charge in [-0.2, -0.15) is 0 Å². The van der Waals surface area contributed by atoms with Gasteiger partial charge in [-0.3, -0.25) is 4.79 Å². The first-order chi connectivity index (χ1) is 12.5. The SMILES string of the molecule is C[C@@H](c1cccc(OCC2CC2)c1)N1C(=O)[C@H](N)Cc2ccc(Cl)cc21. The Balaban J connectivity index is 1.64. The van der Waals surface area contributed by atoms with Crippen LogP contribution < -0.4 is 15.4 Å². The van der Waals surface area contributed by atoms with Gasteiger partial charge in [0.15, 0.2) is 0 Å². The molecule has 1 aliphatic heterocycles. The predicted octanol–water partition coefficient (Wildman–Crippen LogP) is 4.11. The molecule has 0 saturated heterocycles. The van der Waals surface area contributed by atoms with Gasteiger partial charge in [-0.15, -0.1) is 0 Å². The van der Waals surface area contributed by atoms with Crippen LogP contribution in [0, 0.1) is 5.92 Å². The number of anilines is 1. The second kappa shape index (κ2) is 6.93. The smallest absolute Gasteiger partial charge is 0.244 e. The molecule has 2 aromatic carbocycles. The van der Waals surface area contributed by atoms with Crippen molar-refractivity contribution in [3.8, 4) is 5.75 Å². The molecular formula is C21H23ClN2O2. The van der Waals surface area contributed by atoms with Crippen LogP contribution in [0.2, 0.25) is 5.02 Å². The zero-order valence-corrected chi connectivity index (χ0v) is 15.6. The van der Waals surface area contributed by atoms with Gasteiger partial charge in [0.05, 0.1) is 18.7 Å². The van der Waals surface area contributed by atoms with E-state index in [0.29, 0.717) is 17.4 Å². The van der Waals surface area contributed by atoms with Crippen molar-refractivity contribution in [3.63, 3.8) is 0 Å². The van der Waals surface area contributed by atoms with Crippen molar-refractivity contribution in [2.75, 3.05) is 11.5 Å². The lowest BCUT2D eigenvalue weighted by atomic mass is 9.94. The molecule has 0 spiro atoms. The van der Waals surface area contributed by atoms with Gasteiger partial charge >= 0.3 is 0 Å². The number of benzene rings is 2. The fourth-order valence-electron chi connectivity index (χ4n) is 3.47. The summed E-state index contributed by atoms with van der Waals surface area (Å²) in [5.74, 6) is 1.48. The molecule has 1 fully saturated rings. The van der Waals surface area contributed by atoms with Crippen molar-refractivity contribution in [1.29, 1.82) is 0 Å². The topological polar surface area (TPSA) is 55.6 Å². The maximum absolute atomic E-state index is 12.8. The first-order valence-corrected chi connectivity index (χ1v) is 9.50. The highest BCUT2D eigenvalue weighted by Gasteiger charge is 2.34. The third kappa shape index (κ3) is 3.44. The van der Waals surface area contributed by atoms with E-state index in [1.165, 1.54) is 12.8 Å². The van der Waals surface area contributed by atoms with Gasteiger partial charge in [-0.1, -0.05) is 29.8 Å². The zero-order chi connectivity index (χ0) is 18.3. The third-order valence-electron chi connectivity index (χ3n) is 5.21. The minimum atomic E-state index is -0.527. The van der Waals surface area contributed by atoms with E-state index in [4.69, 9.17) is 22.1 Å². The van der Waals surface area contributed by atoms with Crippen LogP contribution >= 0.6 is 11.6 Å². The van der Waals surface area contributed by atoms with Crippen molar-refractivity contribution < 1.29 is 9.53 Å². The van der Waals surface area contributed by atoms with Crippen LogP contribution in [0.1, 0.15) is 36.9 Å². The second-order valence-electron chi connectivity index (χ2n) is 7.29. The molecular weight excluding hydrogens is 348 g/mol. The molecule has 5 heteroatoms. The summed E-state index contributed by atoms with van der Waals surface area (Å²) in [4.78, 5) is 14.6. The van der Waals surface area contributed by atoms with E-state index in [9.17, 15) is 4.79 Å². The summed E-state index contributed by atoms with van der Waals surface area (Å²) in [5.41, 5.74) is 9.03. The molecule has 1 saturated carbocycles. The first kappa shape index (κ1) is 17.4. The van der Waals surface area contributed by atoms with E-state index in [1.807, 2.05) is 49.4 Å². The van der Waals surface area contributed by atoms with Crippen molar-refractivity contribution in [2.45, 2.75) is 38.3 Å². The molecule has 26 heavy (non-hydrogen) atoms. The lowest BCUT2D eigenvalue weighted by molar-refractivity contribution is -0.120. The second-order valence-corrected chi connectivity index (χ2v) is 7.73. The van der Waals surface area contributed by atoms with Crippen LogP contribution in [-0.2, 0) is 11.2 Å². The van der Waals surface area contributed by atoms with Crippen molar-refractivity contribution in [2.24, 2.45) is 11.7 Å². The van der Waals surface area contributed by atoms with Gasteiger partial charge in [0.25, 0.3) is 0 Å². The normalized spacial score (nSPS) is 20.7. The van der Waals surface area contributed by atoms with Gasteiger partial charge in [0.2, 0.25) is 5.91 Å². The highest BCUT2D eigenvalue weighted by molar-refractivity contribution is 6.31. The summed E-state index contributed by atoms with van der Waals surface area (Å²) in [5, 5.41) is 0.616. The molecule has 0 bridgehead atoms. The Bertz CT molecular complexity index is 835. The van der Waals surface area contributed by atoms with E-state index >= 15 is 0 Å². The molecule has 4 rings (SSSR count).